The molecule has 0 bridgehead atoms. The van der Waals surface area contributed by atoms with Crippen LogP contribution in [0.1, 0.15) is 24.0 Å². The van der Waals surface area contributed by atoms with E-state index in [4.69, 9.17) is 14.2 Å². The van der Waals surface area contributed by atoms with Crippen LogP contribution in [0.15, 0.2) is 42.5 Å². The van der Waals surface area contributed by atoms with Gasteiger partial charge in [-0.15, -0.1) is 0 Å². The van der Waals surface area contributed by atoms with E-state index in [-0.39, 0.29) is 17.0 Å². The Hall–Kier alpha value is -1.93. The van der Waals surface area contributed by atoms with Crippen molar-refractivity contribution in [1.29, 1.82) is 0 Å². The number of hydrazine groups is 1. The standard InChI is InChI=1S/C19H25N3O3S/c1-12(13-5-7-14(23-2)8-6-13)16-11-15(24-3)9-10-17(16)20-18-21-22-19(25-4)26-18/h5-12,18-22H,1-4H3. The number of ether oxygens (including phenoxy) is 3. The lowest BCUT2D eigenvalue weighted by Gasteiger charge is -2.21. The van der Waals surface area contributed by atoms with E-state index in [1.807, 2.05) is 18.2 Å². The molecule has 3 N–H and O–H groups in total. The third-order valence-electron chi connectivity index (χ3n) is 4.43. The van der Waals surface area contributed by atoms with Crippen LogP contribution in [0.5, 0.6) is 11.5 Å². The fraction of sp³-hybridized carbons (Fsp3) is 0.368. The van der Waals surface area contributed by atoms with Crippen LogP contribution < -0.4 is 25.6 Å². The van der Waals surface area contributed by atoms with Gasteiger partial charge < -0.3 is 19.5 Å². The minimum atomic E-state index is -0.0757. The fourth-order valence-electron chi connectivity index (χ4n) is 2.89. The van der Waals surface area contributed by atoms with Gasteiger partial charge in [0.1, 0.15) is 17.0 Å². The fourth-order valence-corrected chi connectivity index (χ4v) is 3.72. The molecule has 1 aliphatic heterocycles. The highest BCUT2D eigenvalue weighted by Crippen LogP contribution is 2.35. The molecule has 7 heteroatoms. The monoisotopic (exact) mass is 375 g/mol. The Balaban J connectivity index is 1.85. The van der Waals surface area contributed by atoms with Crippen LogP contribution in [0, 0.1) is 0 Å². The molecule has 3 rings (SSSR count). The van der Waals surface area contributed by atoms with Gasteiger partial charge in [-0.1, -0.05) is 30.8 Å². The van der Waals surface area contributed by atoms with E-state index < -0.39 is 0 Å². The first kappa shape index (κ1) is 18.8. The molecular formula is C19H25N3O3S. The number of thioether (sulfide) groups is 1. The second kappa shape index (κ2) is 8.64. The smallest absolute Gasteiger partial charge is 0.171 e. The highest BCUT2D eigenvalue weighted by atomic mass is 32.2. The molecule has 1 saturated heterocycles. The molecule has 2 aromatic carbocycles. The molecule has 3 atom stereocenters. The summed E-state index contributed by atoms with van der Waals surface area (Å²) in [6.45, 7) is 2.19. The lowest BCUT2D eigenvalue weighted by atomic mass is 9.91. The van der Waals surface area contributed by atoms with Crippen molar-refractivity contribution in [2.24, 2.45) is 0 Å². The highest BCUT2D eigenvalue weighted by Gasteiger charge is 2.25. The molecule has 0 radical (unpaired) electrons. The van der Waals surface area contributed by atoms with Gasteiger partial charge in [-0.2, -0.15) is 0 Å². The van der Waals surface area contributed by atoms with E-state index in [0.29, 0.717) is 0 Å². The molecule has 140 valence electrons. The van der Waals surface area contributed by atoms with Crippen LogP contribution in [-0.2, 0) is 4.74 Å². The van der Waals surface area contributed by atoms with Gasteiger partial charge in [-0.25, -0.2) is 10.9 Å². The van der Waals surface area contributed by atoms with Gasteiger partial charge in [0.25, 0.3) is 0 Å². The van der Waals surface area contributed by atoms with Gasteiger partial charge >= 0.3 is 0 Å². The Morgan fingerprint density at radius 2 is 1.65 bits per heavy atom. The second-order valence-electron chi connectivity index (χ2n) is 5.96. The minimum Gasteiger partial charge on any atom is -0.497 e. The molecule has 1 fully saturated rings. The number of nitrogens with one attached hydrogen (secondary N) is 3. The first-order valence-electron chi connectivity index (χ1n) is 8.42. The van der Waals surface area contributed by atoms with Crippen molar-refractivity contribution in [2.45, 2.75) is 23.9 Å². The average molecular weight is 375 g/mol. The summed E-state index contributed by atoms with van der Waals surface area (Å²) in [4.78, 5) is 0. The Bertz CT molecular complexity index is 726. The summed E-state index contributed by atoms with van der Waals surface area (Å²) in [7, 11) is 5.04. The number of benzene rings is 2. The van der Waals surface area contributed by atoms with E-state index in [2.05, 4.69) is 47.4 Å². The van der Waals surface area contributed by atoms with E-state index in [1.54, 1.807) is 33.1 Å². The van der Waals surface area contributed by atoms with Crippen molar-refractivity contribution in [2.75, 3.05) is 26.6 Å². The summed E-state index contributed by atoms with van der Waals surface area (Å²) in [6, 6.07) is 14.3. The quantitative estimate of drug-likeness (QED) is 0.686. The molecule has 26 heavy (non-hydrogen) atoms. The van der Waals surface area contributed by atoms with Crippen LogP contribution in [0.4, 0.5) is 5.69 Å². The lowest BCUT2D eigenvalue weighted by molar-refractivity contribution is 0.142. The number of hydrogen-bond acceptors (Lipinski definition) is 7. The maximum absolute atomic E-state index is 5.44. The number of rotatable bonds is 7. The van der Waals surface area contributed by atoms with Gasteiger partial charge in [0.05, 0.1) is 14.2 Å². The topological polar surface area (TPSA) is 63.8 Å². The normalized spacial score (nSPS) is 20.6. The number of hydrogen-bond donors (Lipinski definition) is 3. The Morgan fingerprint density at radius 1 is 0.962 bits per heavy atom. The predicted octanol–water partition coefficient (Wildman–Crippen LogP) is 3.32. The summed E-state index contributed by atoms with van der Waals surface area (Å²) in [5, 5.41) is 3.53. The van der Waals surface area contributed by atoms with Crippen molar-refractivity contribution in [3.05, 3.63) is 53.6 Å². The molecule has 0 aliphatic carbocycles. The molecule has 6 nitrogen and oxygen atoms in total. The number of methoxy groups -OCH3 is 3. The van der Waals surface area contributed by atoms with Crippen molar-refractivity contribution < 1.29 is 14.2 Å². The molecule has 0 aromatic heterocycles. The average Bonchev–Trinajstić information content (AvgIpc) is 3.15. The minimum absolute atomic E-state index is 0.00941. The molecule has 0 spiro atoms. The molecule has 0 amide bonds. The Labute approximate surface area is 158 Å². The van der Waals surface area contributed by atoms with Crippen LogP contribution in [0.25, 0.3) is 0 Å². The third kappa shape index (κ3) is 4.24. The summed E-state index contributed by atoms with van der Waals surface area (Å²) >= 11 is 1.63. The van der Waals surface area contributed by atoms with Crippen LogP contribution in [0.2, 0.25) is 0 Å². The summed E-state index contributed by atoms with van der Waals surface area (Å²) in [5.41, 5.74) is 9.63. The first-order chi connectivity index (χ1) is 12.6. The van der Waals surface area contributed by atoms with Crippen LogP contribution in [0.3, 0.4) is 0 Å². The summed E-state index contributed by atoms with van der Waals surface area (Å²) in [6.07, 6.45) is 0. The van der Waals surface area contributed by atoms with E-state index in [0.717, 1.165) is 22.7 Å². The van der Waals surface area contributed by atoms with Gasteiger partial charge in [0.2, 0.25) is 0 Å². The van der Waals surface area contributed by atoms with Crippen LogP contribution >= 0.6 is 11.8 Å². The zero-order valence-corrected chi connectivity index (χ0v) is 16.2. The molecule has 1 aliphatic rings. The lowest BCUT2D eigenvalue weighted by Crippen LogP contribution is -2.37. The SMILES string of the molecule is COc1ccc(C(C)c2cc(OC)ccc2NC2NNC(OC)S2)cc1. The van der Waals surface area contributed by atoms with E-state index in [9.17, 15) is 0 Å². The van der Waals surface area contributed by atoms with Crippen molar-refractivity contribution in [3.63, 3.8) is 0 Å². The van der Waals surface area contributed by atoms with E-state index in [1.165, 1.54) is 5.56 Å². The Kier molecular flexibility index (Phi) is 6.26. The molecule has 0 saturated carbocycles. The third-order valence-corrected chi connectivity index (χ3v) is 5.50. The predicted molar refractivity (Wildman–Crippen MR) is 106 cm³/mol. The number of anilines is 1. The molecule has 3 unspecified atom stereocenters. The van der Waals surface area contributed by atoms with Crippen molar-refractivity contribution in [3.8, 4) is 11.5 Å². The zero-order chi connectivity index (χ0) is 18.5. The molecule has 1 heterocycles. The van der Waals surface area contributed by atoms with Gasteiger partial charge in [-0.3, -0.25) is 0 Å². The zero-order valence-electron chi connectivity index (χ0n) is 15.4. The van der Waals surface area contributed by atoms with Crippen molar-refractivity contribution >= 4 is 17.4 Å². The largest absolute Gasteiger partial charge is 0.497 e. The van der Waals surface area contributed by atoms with Gasteiger partial charge in [0.15, 0.2) is 5.56 Å². The van der Waals surface area contributed by atoms with Crippen LogP contribution in [-0.4, -0.2) is 32.4 Å². The van der Waals surface area contributed by atoms with Gasteiger partial charge in [0, 0.05) is 18.7 Å². The maximum Gasteiger partial charge on any atom is 0.171 e. The van der Waals surface area contributed by atoms with E-state index >= 15 is 0 Å². The summed E-state index contributed by atoms with van der Waals surface area (Å²) < 4.78 is 16.0. The van der Waals surface area contributed by atoms with Crippen molar-refractivity contribution in [1.82, 2.24) is 10.9 Å². The maximum atomic E-state index is 5.44. The second-order valence-corrected chi connectivity index (χ2v) is 7.14. The highest BCUT2D eigenvalue weighted by molar-refractivity contribution is 8.00. The summed E-state index contributed by atoms with van der Waals surface area (Å²) in [5.74, 6) is 1.88. The Morgan fingerprint density at radius 3 is 2.27 bits per heavy atom. The molecule has 2 aromatic rings. The molecular weight excluding hydrogens is 350 g/mol. The first-order valence-corrected chi connectivity index (χ1v) is 9.36. The van der Waals surface area contributed by atoms with Gasteiger partial charge in [-0.05, 0) is 41.5 Å².